The van der Waals surface area contributed by atoms with Crippen molar-refractivity contribution in [2.24, 2.45) is 0 Å². The van der Waals surface area contributed by atoms with Crippen molar-refractivity contribution >= 4 is 23.2 Å². The minimum absolute atomic E-state index is 0.278. The Morgan fingerprint density at radius 1 is 1.12 bits per heavy atom. The summed E-state index contributed by atoms with van der Waals surface area (Å²) in [5, 5.41) is 20.8. The normalized spacial score (nSPS) is 15.4. The summed E-state index contributed by atoms with van der Waals surface area (Å²) in [7, 11) is 0. The lowest BCUT2D eigenvalue weighted by Gasteiger charge is -2.25. The maximum atomic E-state index is 12.2. The van der Waals surface area contributed by atoms with Crippen molar-refractivity contribution in [2.75, 3.05) is 26.3 Å². The Morgan fingerprint density at radius 2 is 1.81 bits per heavy atom. The molecule has 1 aromatic heterocycles. The molecule has 2 heterocycles. The van der Waals surface area contributed by atoms with Gasteiger partial charge in [-0.2, -0.15) is 0 Å². The number of carbonyl (C=O) groups is 2. The summed E-state index contributed by atoms with van der Waals surface area (Å²) >= 11 is 1.66. The van der Waals surface area contributed by atoms with Crippen LogP contribution >= 0.6 is 11.3 Å². The van der Waals surface area contributed by atoms with Crippen molar-refractivity contribution in [3.63, 3.8) is 0 Å². The number of benzene rings is 1. The molecule has 1 aliphatic rings. The standard InChI is InChI=1S/C24H24N2O5S/c1-17(27)22(24(29)30)25-23(28)19-8-6-18(7-9-19)4-2-3-5-20-10-11-21(32-20)16-26-12-14-31-15-13-26/h6-11,17,22,27H,12-16H2,1H3,(H,25,28)(H,29,30). The van der Waals surface area contributed by atoms with Crippen LogP contribution < -0.4 is 5.32 Å². The Hall–Kier alpha value is -3.14. The molecule has 8 heteroatoms. The SMILES string of the molecule is CC(O)C(NC(=O)c1ccc(C#CC#Cc2ccc(CN3CCOCC3)s2)cc1)C(=O)O. The number of hydrogen-bond donors (Lipinski definition) is 3. The first-order valence-electron chi connectivity index (χ1n) is 10.1. The molecule has 2 unspecified atom stereocenters. The Bertz CT molecular complexity index is 1060. The van der Waals surface area contributed by atoms with Crippen LogP contribution in [0.4, 0.5) is 0 Å². The van der Waals surface area contributed by atoms with Crippen molar-refractivity contribution < 1.29 is 24.5 Å². The number of amides is 1. The smallest absolute Gasteiger partial charge is 0.328 e. The van der Waals surface area contributed by atoms with Gasteiger partial charge in [0.05, 0.1) is 24.2 Å². The maximum Gasteiger partial charge on any atom is 0.328 e. The summed E-state index contributed by atoms with van der Waals surface area (Å²) in [4.78, 5) is 27.8. The highest BCUT2D eigenvalue weighted by Gasteiger charge is 2.25. The topological polar surface area (TPSA) is 99.1 Å². The Kier molecular flexibility index (Phi) is 8.43. The van der Waals surface area contributed by atoms with Gasteiger partial charge in [0.25, 0.3) is 5.91 Å². The average Bonchev–Trinajstić information content (AvgIpc) is 3.22. The van der Waals surface area contributed by atoms with E-state index in [0.29, 0.717) is 5.56 Å². The summed E-state index contributed by atoms with van der Waals surface area (Å²) in [5.74, 6) is 9.76. The fraction of sp³-hybridized carbons (Fsp3) is 0.333. The molecule has 166 valence electrons. The second-order valence-corrected chi connectivity index (χ2v) is 8.43. The molecule has 3 rings (SSSR count). The van der Waals surface area contributed by atoms with Gasteiger partial charge >= 0.3 is 5.97 Å². The molecule has 1 aromatic carbocycles. The molecular formula is C24H24N2O5S. The van der Waals surface area contributed by atoms with E-state index in [-0.39, 0.29) is 5.56 Å². The summed E-state index contributed by atoms with van der Waals surface area (Å²) in [6.07, 6.45) is -1.21. The van der Waals surface area contributed by atoms with Crippen molar-refractivity contribution in [3.8, 4) is 23.7 Å². The Morgan fingerprint density at radius 3 is 2.47 bits per heavy atom. The molecule has 2 aromatic rings. The molecule has 1 aliphatic heterocycles. The third-order valence-electron chi connectivity index (χ3n) is 4.78. The molecule has 0 aliphatic carbocycles. The zero-order valence-corrected chi connectivity index (χ0v) is 18.4. The molecule has 1 amide bonds. The molecule has 2 atom stereocenters. The first-order chi connectivity index (χ1) is 15.4. The van der Waals surface area contributed by atoms with Crippen LogP contribution in [0.5, 0.6) is 0 Å². The second kappa shape index (κ2) is 11.5. The predicted octanol–water partition coefficient (Wildman–Crippen LogP) is 1.55. The van der Waals surface area contributed by atoms with Crippen molar-refractivity contribution in [3.05, 3.63) is 57.3 Å². The fourth-order valence-corrected chi connectivity index (χ4v) is 3.93. The quantitative estimate of drug-likeness (QED) is 0.576. The lowest BCUT2D eigenvalue weighted by molar-refractivity contribution is -0.141. The lowest BCUT2D eigenvalue weighted by Crippen LogP contribution is -2.47. The molecule has 0 bridgehead atoms. The average molecular weight is 453 g/mol. The van der Waals surface area contributed by atoms with E-state index >= 15 is 0 Å². The van der Waals surface area contributed by atoms with Gasteiger partial charge in [0.15, 0.2) is 6.04 Å². The molecule has 32 heavy (non-hydrogen) atoms. The molecule has 1 saturated heterocycles. The monoisotopic (exact) mass is 452 g/mol. The van der Waals surface area contributed by atoms with Gasteiger partial charge < -0.3 is 20.3 Å². The Balaban J connectivity index is 1.55. The van der Waals surface area contributed by atoms with Gasteiger partial charge in [-0.15, -0.1) is 11.3 Å². The van der Waals surface area contributed by atoms with E-state index in [4.69, 9.17) is 9.84 Å². The second-order valence-electron chi connectivity index (χ2n) is 7.26. The molecule has 0 saturated carbocycles. The van der Waals surface area contributed by atoms with Crippen LogP contribution in [0.15, 0.2) is 36.4 Å². The number of carboxylic acid groups (broad SMARTS) is 1. The van der Waals surface area contributed by atoms with Gasteiger partial charge in [-0.25, -0.2) is 4.79 Å². The van der Waals surface area contributed by atoms with E-state index in [0.717, 1.165) is 37.7 Å². The van der Waals surface area contributed by atoms with Crippen LogP contribution in [-0.4, -0.2) is 65.4 Å². The number of aliphatic hydroxyl groups is 1. The highest BCUT2D eigenvalue weighted by Crippen LogP contribution is 2.18. The van der Waals surface area contributed by atoms with Gasteiger partial charge in [-0.3, -0.25) is 9.69 Å². The number of aliphatic carboxylic acids is 1. The van der Waals surface area contributed by atoms with Crippen molar-refractivity contribution in [2.45, 2.75) is 25.6 Å². The first kappa shape index (κ1) is 23.5. The van der Waals surface area contributed by atoms with E-state index in [2.05, 4.69) is 40.0 Å². The predicted molar refractivity (Wildman–Crippen MR) is 121 cm³/mol. The third kappa shape index (κ3) is 6.94. The first-order valence-corrected chi connectivity index (χ1v) is 11.0. The number of morpholine rings is 1. The molecular weight excluding hydrogens is 428 g/mol. The number of carbonyl (C=O) groups excluding carboxylic acids is 1. The summed E-state index contributed by atoms with van der Waals surface area (Å²) in [5.41, 5.74) is 0.959. The van der Waals surface area contributed by atoms with Gasteiger partial charge in [0, 0.05) is 35.6 Å². The minimum Gasteiger partial charge on any atom is -0.480 e. The maximum absolute atomic E-state index is 12.2. The van der Waals surface area contributed by atoms with Crippen molar-refractivity contribution in [1.82, 2.24) is 10.2 Å². The molecule has 1 fully saturated rings. The number of nitrogens with one attached hydrogen (secondary N) is 1. The van der Waals surface area contributed by atoms with Crippen LogP contribution in [0.2, 0.25) is 0 Å². The van der Waals surface area contributed by atoms with E-state index in [1.165, 1.54) is 11.8 Å². The van der Waals surface area contributed by atoms with E-state index in [9.17, 15) is 14.7 Å². The number of carboxylic acids is 1. The van der Waals surface area contributed by atoms with E-state index < -0.39 is 24.0 Å². The van der Waals surface area contributed by atoms with E-state index in [1.807, 2.05) is 6.07 Å². The number of aliphatic hydroxyl groups excluding tert-OH is 1. The van der Waals surface area contributed by atoms with Gasteiger partial charge in [0.1, 0.15) is 0 Å². The number of hydrogen-bond acceptors (Lipinski definition) is 6. The van der Waals surface area contributed by atoms with Gasteiger partial charge in [-0.05, 0) is 61.1 Å². The highest BCUT2D eigenvalue weighted by atomic mass is 32.1. The lowest BCUT2D eigenvalue weighted by atomic mass is 10.1. The van der Waals surface area contributed by atoms with Gasteiger partial charge in [0.2, 0.25) is 0 Å². The van der Waals surface area contributed by atoms with Gasteiger partial charge in [-0.1, -0.05) is 5.92 Å². The molecule has 0 spiro atoms. The number of rotatable bonds is 6. The highest BCUT2D eigenvalue weighted by molar-refractivity contribution is 7.12. The minimum atomic E-state index is -1.37. The molecule has 7 nitrogen and oxygen atoms in total. The number of nitrogens with zero attached hydrogens (tertiary/aromatic N) is 1. The zero-order chi connectivity index (χ0) is 22.9. The Labute approximate surface area is 191 Å². The van der Waals surface area contributed by atoms with Crippen molar-refractivity contribution in [1.29, 1.82) is 0 Å². The fourth-order valence-electron chi connectivity index (χ4n) is 3.02. The summed E-state index contributed by atoms with van der Waals surface area (Å²) in [6, 6.07) is 9.13. The van der Waals surface area contributed by atoms with Crippen LogP contribution in [0.1, 0.15) is 32.6 Å². The molecule has 3 N–H and O–H groups in total. The van der Waals surface area contributed by atoms with Crippen LogP contribution in [-0.2, 0) is 16.1 Å². The van der Waals surface area contributed by atoms with Crippen LogP contribution in [0.25, 0.3) is 0 Å². The number of ether oxygens (including phenoxy) is 1. The van der Waals surface area contributed by atoms with E-state index in [1.54, 1.807) is 35.6 Å². The summed E-state index contributed by atoms with van der Waals surface area (Å²) in [6.45, 7) is 5.68. The largest absolute Gasteiger partial charge is 0.480 e. The number of thiophene rings is 1. The van der Waals surface area contributed by atoms with Crippen LogP contribution in [0, 0.1) is 23.7 Å². The zero-order valence-electron chi connectivity index (χ0n) is 17.6. The van der Waals surface area contributed by atoms with Crippen LogP contribution in [0.3, 0.4) is 0 Å². The summed E-state index contributed by atoms with van der Waals surface area (Å²) < 4.78 is 5.37. The third-order valence-corrected chi connectivity index (χ3v) is 5.77. The molecule has 0 radical (unpaired) electrons.